The molecular formula is C12H16BrNO3. The predicted octanol–water partition coefficient (Wildman–Crippen LogP) is 3.63. The summed E-state index contributed by atoms with van der Waals surface area (Å²) in [4.78, 5) is 11.6. The van der Waals surface area contributed by atoms with E-state index < -0.39 is 11.7 Å². The maximum Gasteiger partial charge on any atom is 0.412 e. The molecule has 0 heterocycles. The van der Waals surface area contributed by atoms with E-state index in [2.05, 4.69) is 21.2 Å². The summed E-state index contributed by atoms with van der Waals surface area (Å²) < 4.78 is 5.13. The normalized spacial score (nSPS) is 11.1. The number of halogens is 1. The topological polar surface area (TPSA) is 58.6 Å². The first-order valence-corrected chi connectivity index (χ1v) is 6.32. The Hall–Kier alpha value is -1.23. The Labute approximate surface area is 109 Å². The van der Waals surface area contributed by atoms with Gasteiger partial charge in [-0.25, -0.2) is 4.79 Å². The van der Waals surface area contributed by atoms with Crippen LogP contribution in [0, 0.1) is 0 Å². The van der Waals surface area contributed by atoms with Crippen molar-refractivity contribution in [1.29, 1.82) is 0 Å². The monoisotopic (exact) mass is 301 g/mol. The summed E-state index contributed by atoms with van der Waals surface area (Å²) in [6, 6.07) is 4.94. The molecule has 0 radical (unpaired) electrons. The summed E-state index contributed by atoms with van der Waals surface area (Å²) in [5, 5.41) is 12.7. The molecule has 5 heteroatoms. The highest BCUT2D eigenvalue weighted by molar-refractivity contribution is 9.08. The number of phenolic OH excluding ortho intramolecular Hbond substituents is 1. The number of anilines is 1. The van der Waals surface area contributed by atoms with Crippen molar-refractivity contribution in [2.24, 2.45) is 0 Å². The van der Waals surface area contributed by atoms with Gasteiger partial charge in [0.1, 0.15) is 11.4 Å². The van der Waals surface area contributed by atoms with Crippen LogP contribution in [0.15, 0.2) is 18.2 Å². The molecular weight excluding hydrogens is 286 g/mol. The summed E-state index contributed by atoms with van der Waals surface area (Å²) in [6.45, 7) is 5.38. The van der Waals surface area contributed by atoms with Crippen molar-refractivity contribution in [3.8, 4) is 5.75 Å². The maximum absolute atomic E-state index is 11.6. The molecule has 0 aliphatic carbocycles. The molecule has 0 fully saturated rings. The van der Waals surface area contributed by atoms with E-state index in [-0.39, 0.29) is 5.75 Å². The smallest absolute Gasteiger partial charge is 0.412 e. The number of aromatic hydroxyl groups is 1. The van der Waals surface area contributed by atoms with Crippen LogP contribution in [0.4, 0.5) is 10.5 Å². The minimum absolute atomic E-state index is 0.135. The number of nitrogens with one attached hydrogen (secondary N) is 1. The van der Waals surface area contributed by atoms with Crippen LogP contribution in [0.25, 0.3) is 0 Å². The zero-order valence-corrected chi connectivity index (χ0v) is 11.7. The van der Waals surface area contributed by atoms with Crippen LogP contribution in [-0.2, 0) is 10.1 Å². The van der Waals surface area contributed by atoms with Crippen LogP contribution in [0.1, 0.15) is 26.3 Å². The van der Waals surface area contributed by atoms with Gasteiger partial charge < -0.3 is 9.84 Å². The van der Waals surface area contributed by atoms with Crippen molar-refractivity contribution in [1.82, 2.24) is 0 Å². The molecule has 0 atom stereocenters. The minimum Gasteiger partial charge on any atom is -0.508 e. The van der Waals surface area contributed by atoms with Crippen molar-refractivity contribution >= 4 is 27.7 Å². The fraction of sp³-hybridized carbons (Fsp3) is 0.417. The van der Waals surface area contributed by atoms with E-state index in [1.54, 1.807) is 39.0 Å². The van der Waals surface area contributed by atoms with E-state index in [9.17, 15) is 9.90 Å². The first kappa shape index (κ1) is 13.8. The molecule has 1 aromatic carbocycles. The number of hydrogen-bond acceptors (Lipinski definition) is 3. The standard InChI is InChI=1S/C12H16BrNO3/c1-12(2,3)17-11(16)14-9-5-4-6-10(15)8(9)7-13/h4-6,15H,7H2,1-3H3,(H,14,16). The maximum atomic E-state index is 11.6. The van der Waals surface area contributed by atoms with E-state index >= 15 is 0 Å². The van der Waals surface area contributed by atoms with Gasteiger partial charge in [0.2, 0.25) is 0 Å². The van der Waals surface area contributed by atoms with Crippen LogP contribution in [0.5, 0.6) is 5.75 Å². The predicted molar refractivity (Wildman–Crippen MR) is 70.6 cm³/mol. The molecule has 1 amide bonds. The molecule has 17 heavy (non-hydrogen) atoms. The molecule has 0 spiro atoms. The molecule has 0 aliphatic heterocycles. The van der Waals surface area contributed by atoms with E-state index in [1.165, 1.54) is 0 Å². The lowest BCUT2D eigenvalue weighted by Crippen LogP contribution is -2.27. The minimum atomic E-state index is -0.546. The molecule has 0 saturated carbocycles. The van der Waals surface area contributed by atoms with Crippen LogP contribution < -0.4 is 5.32 Å². The Morgan fingerprint density at radius 1 is 1.47 bits per heavy atom. The molecule has 2 N–H and O–H groups in total. The third-order valence-electron chi connectivity index (χ3n) is 1.92. The lowest BCUT2D eigenvalue weighted by molar-refractivity contribution is 0.0636. The lowest BCUT2D eigenvalue weighted by atomic mass is 10.2. The quantitative estimate of drug-likeness (QED) is 0.820. The molecule has 94 valence electrons. The van der Waals surface area contributed by atoms with Crippen molar-refractivity contribution in [2.45, 2.75) is 31.7 Å². The number of carbonyl (C=O) groups is 1. The number of alkyl halides is 1. The van der Waals surface area contributed by atoms with Gasteiger partial charge in [0.25, 0.3) is 0 Å². The first-order chi connectivity index (χ1) is 7.83. The van der Waals surface area contributed by atoms with Crippen LogP contribution in [0.2, 0.25) is 0 Å². The second-order valence-corrected chi connectivity index (χ2v) is 5.12. The highest BCUT2D eigenvalue weighted by atomic mass is 79.9. The van der Waals surface area contributed by atoms with Crippen molar-refractivity contribution in [3.63, 3.8) is 0 Å². The average molecular weight is 302 g/mol. The molecule has 0 unspecified atom stereocenters. The van der Waals surface area contributed by atoms with E-state index in [0.29, 0.717) is 16.6 Å². The lowest BCUT2D eigenvalue weighted by Gasteiger charge is -2.20. The zero-order valence-electron chi connectivity index (χ0n) is 10.1. The van der Waals surface area contributed by atoms with Crippen LogP contribution in [0.3, 0.4) is 0 Å². The number of amides is 1. The molecule has 1 rings (SSSR count). The SMILES string of the molecule is CC(C)(C)OC(=O)Nc1cccc(O)c1CBr. The zero-order chi connectivity index (χ0) is 13.1. The summed E-state index contributed by atoms with van der Waals surface area (Å²) in [5.41, 5.74) is 0.615. The summed E-state index contributed by atoms with van der Waals surface area (Å²) in [7, 11) is 0. The molecule has 4 nitrogen and oxygen atoms in total. The highest BCUT2D eigenvalue weighted by Crippen LogP contribution is 2.27. The molecule has 0 saturated heterocycles. The Morgan fingerprint density at radius 2 is 2.12 bits per heavy atom. The number of ether oxygens (including phenoxy) is 1. The van der Waals surface area contributed by atoms with Gasteiger partial charge in [-0.15, -0.1) is 0 Å². The summed E-state index contributed by atoms with van der Waals surface area (Å²) >= 11 is 3.26. The van der Waals surface area contributed by atoms with Crippen molar-refractivity contribution in [2.75, 3.05) is 5.32 Å². The Morgan fingerprint density at radius 3 is 2.65 bits per heavy atom. The number of carbonyl (C=O) groups excluding carboxylic acids is 1. The van der Waals surface area contributed by atoms with Gasteiger partial charge in [0.05, 0.1) is 5.69 Å². The third kappa shape index (κ3) is 4.26. The van der Waals surface area contributed by atoms with Crippen LogP contribution >= 0.6 is 15.9 Å². The first-order valence-electron chi connectivity index (χ1n) is 5.20. The van der Waals surface area contributed by atoms with Gasteiger partial charge in [-0.3, -0.25) is 5.32 Å². The Balaban J connectivity index is 2.82. The van der Waals surface area contributed by atoms with Crippen molar-refractivity contribution in [3.05, 3.63) is 23.8 Å². The average Bonchev–Trinajstić information content (AvgIpc) is 2.14. The number of rotatable bonds is 2. The fourth-order valence-electron chi connectivity index (χ4n) is 1.25. The highest BCUT2D eigenvalue weighted by Gasteiger charge is 2.17. The number of phenols is 1. The molecule has 1 aromatic rings. The fourth-order valence-corrected chi connectivity index (χ4v) is 1.84. The summed E-state index contributed by atoms with van der Waals surface area (Å²) in [5.74, 6) is 0.135. The van der Waals surface area contributed by atoms with E-state index in [1.807, 2.05) is 0 Å². The van der Waals surface area contributed by atoms with Gasteiger partial charge in [-0.1, -0.05) is 22.0 Å². The van der Waals surface area contributed by atoms with Crippen LogP contribution in [-0.4, -0.2) is 16.8 Å². The van der Waals surface area contributed by atoms with Crippen molar-refractivity contribution < 1.29 is 14.6 Å². The van der Waals surface area contributed by atoms with Gasteiger partial charge in [-0.2, -0.15) is 0 Å². The number of benzene rings is 1. The molecule has 0 aromatic heterocycles. The largest absolute Gasteiger partial charge is 0.508 e. The molecule has 0 bridgehead atoms. The van der Waals surface area contributed by atoms with Gasteiger partial charge in [0, 0.05) is 10.9 Å². The number of hydrogen-bond donors (Lipinski definition) is 2. The second kappa shape index (κ2) is 5.40. The Bertz CT molecular complexity index is 413. The Kier molecular flexibility index (Phi) is 4.40. The third-order valence-corrected chi connectivity index (χ3v) is 2.48. The van der Waals surface area contributed by atoms with Gasteiger partial charge in [-0.05, 0) is 32.9 Å². The summed E-state index contributed by atoms with van der Waals surface area (Å²) in [6.07, 6.45) is -0.537. The van der Waals surface area contributed by atoms with E-state index in [0.717, 1.165) is 0 Å². The second-order valence-electron chi connectivity index (χ2n) is 4.56. The van der Waals surface area contributed by atoms with Gasteiger partial charge >= 0.3 is 6.09 Å². The molecule has 0 aliphatic rings. The van der Waals surface area contributed by atoms with E-state index in [4.69, 9.17) is 4.74 Å². The van der Waals surface area contributed by atoms with Gasteiger partial charge in [0.15, 0.2) is 0 Å².